The third kappa shape index (κ3) is 5.28. The van der Waals surface area contributed by atoms with Gasteiger partial charge >= 0.3 is 0 Å². The van der Waals surface area contributed by atoms with Crippen LogP contribution < -0.4 is 0 Å². The first-order chi connectivity index (χ1) is 7.38. The zero-order valence-corrected chi connectivity index (χ0v) is 10.2. The number of thiol groups is 1. The molecule has 0 aliphatic rings. The second kappa shape index (κ2) is 9.35. The lowest BCUT2D eigenvalue weighted by Gasteiger charge is -1.99. The summed E-state index contributed by atoms with van der Waals surface area (Å²) in [6, 6.07) is 10.1. The SMILES string of the molecule is C=C/C=C(\C=C/S)c1ccccc1.CC. The Labute approximate surface area is 98.4 Å². The summed E-state index contributed by atoms with van der Waals surface area (Å²) in [7, 11) is 0. The van der Waals surface area contributed by atoms with Gasteiger partial charge in [0.1, 0.15) is 0 Å². The van der Waals surface area contributed by atoms with Crippen molar-refractivity contribution in [3.63, 3.8) is 0 Å². The maximum Gasteiger partial charge on any atom is -0.0179 e. The van der Waals surface area contributed by atoms with Crippen LogP contribution in [-0.4, -0.2) is 0 Å². The van der Waals surface area contributed by atoms with Crippen molar-refractivity contribution in [2.45, 2.75) is 13.8 Å². The Kier molecular flexibility index (Phi) is 8.59. The Morgan fingerprint density at radius 1 is 1.20 bits per heavy atom. The molecule has 0 atom stereocenters. The Hall–Kier alpha value is -1.21. The topological polar surface area (TPSA) is 0 Å². The standard InChI is InChI=1S/C12H12S.C2H6/c1-2-6-11(9-10-13)12-7-4-3-5-8-12;1-2/h2-10,13H,1H2;1-2H3/b10-9-,11-6+;. The summed E-state index contributed by atoms with van der Waals surface area (Å²) in [6.45, 7) is 7.67. The van der Waals surface area contributed by atoms with E-state index < -0.39 is 0 Å². The molecule has 15 heavy (non-hydrogen) atoms. The summed E-state index contributed by atoms with van der Waals surface area (Å²) in [4.78, 5) is 0. The van der Waals surface area contributed by atoms with Crippen molar-refractivity contribution in [2.24, 2.45) is 0 Å². The van der Waals surface area contributed by atoms with E-state index >= 15 is 0 Å². The lowest BCUT2D eigenvalue weighted by atomic mass is 10.1. The molecular weight excluding hydrogens is 200 g/mol. The van der Waals surface area contributed by atoms with Crippen LogP contribution in [0.15, 0.2) is 60.5 Å². The summed E-state index contributed by atoms with van der Waals surface area (Å²) in [5.74, 6) is 0. The van der Waals surface area contributed by atoms with Crippen molar-refractivity contribution in [1.29, 1.82) is 0 Å². The van der Waals surface area contributed by atoms with Crippen molar-refractivity contribution < 1.29 is 0 Å². The number of hydrogen-bond acceptors (Lipinski definition) is 1. The molecule has 0 N–H and O–H groups in total. The predicted molar refractivity (Wildman–Crippen MR) is 74.1 cm³/mol. The van der Waals surface area contributed by atoms with Crippen LogP contribution in [0, 0.1) is 0 Å². The highest BCUT2D eigenvalue weighted by atomic mass is 32.1. The fourth-order valence-corrected chi connectivity index (χ4v) is 1.25. The van der Waals surface area contributed by atoms with Gasteiger partial charge in [0, 0.05) is 0 Å². The molecule has 0 aliphatic heterocycles. The molecule has 1 rings (SSSR count). The minimum absolute atomic E-state index is 1.12. The maximum absolute atomic E-state index is 4.05. The highest BCUT2D eigenvalue weighted by Gasteiger charge is 1.93. The Morgan fingerprint density at radius 3 is 2.27 bits per heavy atom. The van der Waals surface area contributed by atoms with Crippen LogP contribution in [0.5, 0.6) is 0 Å². The molecule has 0 aromatic heterocycles. The van der Waals surface area contributed by atoms with Crippen LogP contribution in [0.2, 0.25) is 0 Å². The molecule has 0 saturated heterocycles. The minimum atomic E-state index is 1.12. The summed E-state index contributed by atoms with van der Waals surface area (Å²) < 4.78 is 0. The molecule has 0 radical (unpaired) electrons. The van der Waals surface area contributed by atoms with E-state index in [1.807, 2.05) is 44.2 Å². The second-order valence-electron chi connectivity index (χ2n) is 2.54. The largest absolute Gasteiger partial charge is 0.151 e. The molecule has 1 heteroatoms. The van der Waals surface area contributed by atoms with Crippen molar-refractivity contribution in [1.82, 2.24) is 0 Å². The van der Waals surface area contributed by atoms with Crippen molar-refractivity contribution in [2.75, 3.05) is 0 Å². The lowest BCUT2D eigenvalue weighted by Crippen LogP contribution is -1.78. The van der Waals surface area contributed by atoms with E-state index in [0.29, 0.717) is 0 Å². The van der Waals surface area contributed by atoms with Gasteiger partial charge in [-0.2, -0.15) is 12.6 Å². The van der Waals surface area contributed by atoms with E-state index in [2.05, 4.69) is 31.3 Å². The highest BCUT2D eigenvalue weighted by molar-refractivity contribution is 7.83. The first-order valence-electron chi connectivity index (χ1n) is 5.07. The Morgan fingerprint density at radius 2 is 1.80 bits per heavy atom. The van der Waals surface area contributed by atoms with Crippen LogP contribution in [0.1, 0.15) is 19.4 Å². The lowest BCUT2D eigenvalue weighted by molar-refractivity contribution is 1.50. The van der Waals surface area contributed by atoms with E-state index in [9.17, 15) is 0 Å². The number of rotatable bonds is 3. The van der Waals surface area contributed by atoms with Gasteiger partial charge in [-0.05, 0) is 22.6 Å². The first-order valence-corrected chi connectivity index (χ1v) is 5.59. The van der Waals surface area contributed by atoms with Crippen LogP contribution in [0.3, 0.4) is 0 Å². The molecule has 0 nitrogen and oxygen atoms in total. The first kappa shape index (κ1) is 13.8. The fourth-order valence-electron chi connectivity index (χ4n) is 1.09. The molecule has 80 valence electrons. The zero-order chi connectivity index (χ0) is 11.5. The quantitative estimate of drug-likeness (QED) is 0.550. The van der Waals surface area contributed by atoms with Gasteiger partial charge in [-0.3, -0.25) is 0 Å². The molecule has 1 aromatic rings. The van der Waals surface area contributed by atoms with E-state index in [-0.39, 0.29) is 0 Å². The normalized spacial score (nSPS) is 10.7. The Balaban J connectivity index is 0.000000921. The van der Waals surface area contributed by atoms with Crippen LogP contribution in [0.4, 0.5) is 0 Å². The fraction of sp³-hybridized carbons (Fsp3) is 0.143. The maximum atomic E-state index is 4.05. The van der Waals surface area contributed by atoms with Gasteiger partial charge in [0.15, 0.2) is 0 Å². The van der Waals surface area contributed by atoms with E-state index in [4.69, 9.17) is 0 Å². The van der Waals surface area contributed by atoms with Gasteiger partial charge in [-0.15, -0.1) is 0 Å². The van der Waals surface area contributed by atoms with Crippen LogP contribution in [-0.2, 0) is 0 Å². The van der Waals surface area contributed by atoms with Gasteiger partial charge < -0.3 is 0 Å². The minimum Gasteiger partial charge on any atom is -0.151 e. The number of allylic oxidation sites excluding steroid dienone is 4. The van der Waals surface area contributed by atoms with Crippen molar-refractivity contribution in [3.8, 4) is 0 Å². The summed E-state index contributed by atoms with van der Waals surface area (Å²) in [5, 5.41) is 1.72. The molecule has 0 spiro atoms. The molecule has 0 heterocycles. The van der Waals surface area contributed by atoms with Crippen molar-refractivity contribution >= 4 is 18.2 Å². The predicted octanol–water partition coefficient (Wildman–Crippen LogP) is 4.73. The van der Waals surface area contributed by atoms with E-state index in [0.717, 1.165) is 5.57 Å². The molecule has 0 unspecified atom stereocenters. The van der Waals surface area contributed by atoms with Gasteiger partial charge in [0.05, 0.1) is 0 Å². The third-order valence-electron chi connectivity index (χ3n) is 1.66. The molecule has 1 aromatic carbocycles. The monoisotopic (exact) mass is 218 g/mol. The summed E-state index contributed by atoms with van der Waals surface area (Å²) >= 11 is 4.05. The Bertz CT molecular complexity index is 320. The molecule has 0 saturated carbocycles. The van der Waals surface area contributed by atoms with Crippen LogP contribution in [0.25, 0.3) is 5.57 Å². The van der Waals surface area contributed by atoms with Crippen LogP contribution >= 0.6 is 12.6 Å². The second-order valence-corrected chi connectivity index (χ2v) is 2.84. The average molecular weight is 218 g/mol. The van der Waals surface area contributed by atoms with E-state index in [1.165, 1.54) is 5.56 Å². The molecular formula is C14H18S. The van der Waals surface area contributed by atoms with Gasteiger partial charge in [0.25, 0.3) is 0 Å². The summed E-state index contributed by atoms with van der Waals surface area (Å²) in [6.07, 6.45) is 5.68. The van der Waals surface area contributed by atoms with E-state index in [1.54, 1.807) is 11.5 Å². The number of hydrogen-bond donors (Lipinski definition) is 1. The average Bonchev–Trinajstić information content (AvgIpc) is 2.33. The molecule has 0 fully saturated rings. The molecule has 0 aliphatic carbocycles. The molecule has 0 bridgehead atoms. The van der Waals surface area contributed by atoms with Gasteiger partial charge in [0.2, 0.25) is 0 Å². The highest BCUT2D eigenvalue weighted by Crippen LogP contribution is 2.15. The smallest absolute Gasteiger partial charge is 0.0179 e. The summed E-state index contributed by atoms with van der Waals surface area (Å²) in [5.41, 5.74) is 2.29. The number of benzene rings is 1. The van der Waals surface area contributed by atoms with Gasteiger partial charge in [-0.25, -0.2) is 0 Å². The third-order valence-corrected chi connectivity index (χ3v) is 1.81. The van der Waals surface area contributed by atoms with Gasteiger partial charge in [-0.1, -0.05) is 62.9 Å². The molecule has 0 amide bonds. The van der Waals surface area contributed by atoms with Crippen molar-refractivity contribution in [3.05, 3.63) is 66.1 Å². The zero-order valence-electron chi connectivity index (χ0n) is 9.35.